The molecule has 0 aliphatic carbocycles. The molecule has 32 heavy (non-hydrogen) atoms. The van der Waals surface area contributed by atoms with Crippen LogP contribution < -0.4 is 5.32 Å². The summed E-state index contributed by atoms with van der Waals surface area (Å²) in [6.45, 7) is 14.5. The summed E-state index contributed by atoms with van der Waals surface area (Å²) in [6.07, 6.45) is 1.71. The van der Waals surface area contributed by atoms with E-state index in [4.69, 9.17) is 42.6 Å². The van der Waals surface area contributed by atoms with Crippen molar-refractivity contribution in [2.24, 2.45) is 0 Å². The SMILES string of the molecule is C=CCOCCOCCOCCOCCOCCOCCOCCOCCOCCNC. The van der Waals surface area contributed by atoms with Gasteiger partial charge in [0.15, 0.2) is 0 Å². The Kier molecular flexibility index (Phi) is 29.7. The Morgan fingerprint density at radius 3 is 0.938 bits per heavy atom. The van der Waals surface area contributed by atoms with Crippen LogP contribution in [0.25, 0.3) is 0 Å². The summed E-state index contributed by atoms with van der Waals surface area (Å²) in [5, 5.41) is 3.02. The molecule has 0 spiro atoms. The van der Waals surface area contributed by atoms with E-state index in [0.717, 1.165) is 6.54 Å². The van der Waals surface area contributed by atoms with Crippen LogP contribution in [0, 0.1) is 0 Å². The first-order valence-corrected chi connectivity index (χ1v) is 11.4. The molecule has 0 radical (unpaired) electrons. The fraction of sp³-hybridized carbons (Fsp3) is 0.909. The molecule has 0 unspecified atom stereocenters. The molecule has 10 nitrogen and oxygen atoms in total. The number of ether oxygens (including phenoxy) is 9. The van der Waals surface area contributed by atoms with Gasteiger partial charge in [0.1, 0.15) is 0 Å². The zero-order valence-corrected chi connectivity index (χ0v) is 19.9. The van der Waals surface area contributed by atoms with E-state index in [9.17, 15) is 0 Å². The van der Waals surface area contributed by atoms with Crippen LogP contribution in [0.5, 0.6) is 0 Å². The van der Waals surface area contributed by atoms with E-state index in [1.54, 1.807) is 6.08 Å². The van der Waals surface area contributed by atoms with Crippen molar-refractivity contribution in [3.8, 4) is 0 Å². The minimum Gasteiger partial charge on any atom is -0.378 e. The van der Waals surface area contributed by atoms with E-state index in [-0.39, 0.29) is 0 Å². The number of nitrogens with one attached hydrogen (secondary N) is 1. The van der Waals surface area contributed by atoms with Gasteiger partial charge in [-0.15, -0.1) is 6.58 Å². The first-order chi connectivity index (χ1) is 15.9. The monoisotopic (exact) mass is 467 g/mol. The molecule has 0 saturated heterocycles. The molecule has 10 heteroatoms. The van der Waals surface area contributed by atoms with Crippen LogP contribution in [-0.4, -0.2) is 133 Å². The Labute approximate surface area is 193 Å². The van der Waals surface area contributed by atoms with Gasteiger partial charge in [-0.25, -0.2) is 0 Å². The molecule has 0 saturated carbocycles. The lowest BCUT2D eigenvalue weighted by Gasteiger charge is -2.08. The molecule has 0 aromatic heterocycles. The van der Waals surface area contributed by atoms with E-state index < -0.39 is 0 Å². The zero-order valence-electron chi connectivity index (χ0n) is 19.9. The normalized spacial score (nSPS) is 11.3. The molecule has 0 atom stereocenters. The summed E-state index contributed by atoms with van der Waals surface area (Å²) < 4.78 is 48.4. The van der Waals surface area contributed by atoms with Crippen molar-refractivity contribution < 1.29 is 42.6 Å². The second kappa shape index (κ2) is 30.3. The Hall–Kier alpha value is -0.660. The van der Waals surface area contributed by atoms with Crippen molar-refractivity contribution in [3.05, 3.63) is 12.7 Å². The van der Waals surface area contributed by atoms with Gasteiger partial charge in [0.2, 0.25) is 0 Å². The summed E-state index contributed by atoms with van der Waals surface area (Å²) in [7, 11) is 1.90. The van der Waals surface area contributed by atoms with Gasteiger partial charge >= 0.3 is 0 Å². The fourth-order valence-corrected chi connectivity index (χ4v) is 2.10. The third-order valence-electron chi connectivity index (χ3n) is 3.71. The van der Waals surface area contributed by atoms with Crippen molar-refractivity contribution in [1.29, 1.82) is 0 Å². The third kappa shape index (κ3) is 29.3. The van der Waals surface area contributed by atoms with Crippen LogP contribution in [0.2, 0.25) is 0 Å². The van der Waals surface area contributed by atoms with Gasteiger partial charge in [-0.3, -0.25) is 0 Å². The van der Waals surface area contributed by atoms with Gasteiger partial charge in [-0.1, -0.05) is 6.08 Å². The maximum atomic E-state index is 5.44. The second-order valence-corrected chi connectivity index (χ2v) is 6.37. The predicted octanol–water partition coefficient (Wildman–Crippen LogP) is 0.541. The third-order valence-corrected chi connectivity index (χ3v) is 3.71. The van der Waals surface area contributed by atoms with Crippen molar-refractivity contribution >= 4 is 0 Å². The first-order valence-electron chi connectivity index (χ1n) is 11.4. The van der Waals surface area contributed by atoms with Crippen LogP contribution in [0.15, 0.2) is 12.7 Å². The van der Waals surface area contributed by atoms with Crippen LogP contribution in [-0.2, 0) is 42.6 Å². The molecule has 0 rings (SSSR count). The standard InChI is InChI=1S/C22H45NO9/c1-3-5-24-7-9-26-11-13-28-15-17-30-19-21-32-22-20-31-18-16-29-14-12-27-10-8-25-6-4-23-2/h3,23H,1,4-22H2,2H3. The highest BCUT2D eigenvalue weighted by Crippen LogP contribution is 1.86. The largest absolute Gasteiger partial charge is 0.378 e. The number of rotatable bonds is 29. The lowest BCUT2D eigenvalue weighted by atomic mass is 10.6. The summed E-state index contributed by atoms with van der Waals surface area (Å²) in [5.74, 6) is 0. The predicted molar refractivity (Wildman–Crippen MR) is 121 cm³/mol. The summed E-state index contributed by atoms with van der Waals surface area (Å²) in [5.41, 5.74) is 0. The second-order valence-electron chi connectivity index (χ2n) is 6.37. The molecular weight excluding hydrogens is 422 g/mol. The molecule has 0 aromatic carbocycles. The van der Waals surface area contributed by atoms with Gasteiger partial charge in [0.25, 0.3) is 0 Å². The molecule has 192 valence electrons. The number of hydrogen-bond donors (Lipinski definition) is 1. The van der Waals surface area contributed by atoms with Crippen LogP contribution in [0.3, 0.4) is 0 Å². The molecular formula is C22H45NO9. The molecule has 0 aliphatic rings. The van der Waals surface area contributed by atoms with Gasteiger partial charge in [-0.2, -0.15) is 0 Å². The van der Waals surface area contributed by atoms with E-state index in [2.05, 4.69) is 11.9 Å². The summed E-state index contributed by atoms with van der Waals surface area (Å²) >= 11 is 0. The first kappa shape index (κ1) is 31.3. The smallest absolute Gasteiger partial charge is 0.0704 e. The van der Waals surface area contributed by atoms with Crippen molar-refractivity contribution in [3.63, 3.8) is 0 Å². The highest BCUT2D eigenvalue weighted by atomic mass is 16.6. The van der Waals surface area contributed by atoms with Crippen molar-refractivity contribution in [2.45, 2.75) is 0 Å². The Balaban J connectivity index is 2.99. The maximum Gasteiger partial charge on any atom is 0.0704 e. The van der Waals surface area contributed by atoms with Gasteiger partial charge in [0.05, 0.1) is 119 Å². The lowest BCUT2D eigenvalue weighted by molar-refractivity contribution is -0.0245. The van der Waals surface area contributed by atoms with Crippen LogP contribution in [0.4, 0.5) is 0 Å². The highest BCUT2D eigenvalue weighted by molar-refractivity contribution is 4.63. The molecule has 1 N–H and O–H groups in total. The average Bonchev–Trinajstić information content (AvgIpc) is 2.81. The van der Waals surface area contributed by atoms with Crippen LogP contribution >= 0.6 is 0 Å². The van der Waals surface area contributed by atoms with E-state index in [1.165, 1.54) is 0 Å². The van der Waals surface area contributed by atoms with Gasteiger partial charge in [0, 0.05) is 6.54 Å². The summed E-state index contributed by atoms with van der Waals surface area (Å²) in [4.78, 5) is 0. The van der Waals surface area contributed by atoms with Gasteiger partial charge in [-0.05, 0) is 7.05 Å². The van der Waals surface area contributed by atoms with Crippen molar-refractivity contribution in [2.75, 3.05) is 133 Å². The molecule has 0 heterocycles. The molecule has 0 aliphatic heterocycles. The van der Waals surface area contributed by atoms with E-state index >= 15 is 0 Å². The molecule has 0 aromatic rings. The number of hydrogen-bond acceptors (Lipinski definition) is 10. The van der Waals surface area contributed by atoms with Gasteiger partial charge < -0.3 is 47.9 Å². The molecule has 0 bridgehead atoms. The van der Waals surface area contributed by atoms with Crippen LogP contribution in [0.1, 0.15) is 0 Å². The quantitative estimate of drug-likeness (QED) is 0.124. The Bertz CT molecular complexity index is 351. The Morgan fingerprint density at radius 1 is 0.438 bits per heavy atom. The minimum atomic E-state index is 0.531. The number of likely N-dealkylation sites (N-methyl/N-ethyl adjacent to an activating group) is 1. The van der Waals surface area contributed by atoms with E-state index in [0.29, 0.717) is 119 Å². The average molecular weight is 468 g/mol. The minimum absolute atomic E-state index is 0.531. The topological polar surface area (TPSA) is 95.1 Å². The van der Waals surface area contributed by atoms with Crippen molar-refractivity contribution in [1.82, 2.24) is 5.32 Å². The lowest BCUT2D eigenvalue weighted by Crippen LogP contribution is -2.17. The summed E-state index contributed by atoms with van der Waals surface area (Å²) in [6, 6.07) is 0. The maximum absolute atomic E-state index is 5.44. The molecule has 0 amide bonds. The fourth-order valence-electron chi connectivity index (χ4n) is 2.10. The van der Waals surface area contributed by atoms with E-state index in [1.807, 2.05) is 7.05 Å². The highest BCUT2D eigenvalue weighted by Gasteiger charge is 1.95. The molecule has 0 fully saturated rings. The zero-order chi connectivity index (χ0) is 23.2. The Morgan fingerprint density at radius 2 is 0.688 bits per heavy atom.